The van der Waals surface area contributed by atoms with E-state index in [0.29, 0.717) is 13.1 Å². The fraction of sp³-hybridized carbons (Fsp3) is 0.667. The normalized spacial score (nSPS) is 16.6. The molecule has 0 atom stereocenters. The zero-order valence-electron chi connectivity index (χ0n) is 9.09. The first kappa shape index (κ1) is 11.3. The lowest BCUT2D eigenvalue weighted by molar-refractivity contribution is -0.134. The Bertz CT molecular complexity index is 373. The molecular weight excluding hydrogens is 228 g/mol. The summed E-state index contributed by atoms with van der Waals surface area (Å²) in [6.45, 7) is 4.24. The number of amides is 1. The lowest BCUT2D eigenvalue weighted by atomic mass is 10.3. The smallest absolute Gasteiger partial charge is 0.248 e. The van der Waals surface area contributed by atoms with E-state index in [9.17, 15) is 4.79 Å². The van der Waals surface area contributed by atoms with Crippen LogP contribution in [-0.2, 0) is 4.79 Å². The molecule has 1 N–H and O–H groups in total. The Kier molecular flexibility index (Phi) is 3.35. The second-order valence-electron chi connectivity index (χ2n) is 3.65. The molecule has 1 aliphatic heterocycles. The molecule has 2 heterocycles. The average molecular weight is 242 g/mol. The third-order valence-electron chi connectivity index (χ3n) is 2.56. The van der Waals surface area contributed by atoms with E-state index >= 15 is 0 Å². The van der Waals surface area contributed by atoms with Gasteiger partial charge >= 0.3 is 0 Å². The summed E-state index contributed by atoms with van der Waals surface area (Å²) in [5.74, 6) is 0.585. The van der Waals surface area contributed by atoms with Crippen molar-refractivity contribution in [2.75, 3.05) is 37.7 Å². The van der Waals surface area contributed by atoms with Crippen LogP contribution in [0.4, 0.5) is 5.13 Å². The highest BCUT2D eigenvalue weighted by Crippen LogP contribution is 2.18. The Morgan fingerprint density at radius 2 is 2.12 bits per heavy atom. The minimum Gasteiger partial charge on any atom is -0.387 e. The number of aliphatic hydroxyl groups is 1. The van der Waals surface area contributed by atoms with Crippen molar-refractivity contribution in [3.8, 4) is 0 Å². The van der Waals surface area contributed by atoms with Crippen LogP contribution in [0, 0.1) is 6.92 Å². The van der Waals surface area contributed by atoms with Crippen molar-refractivity contribution in [3.05, 3.63) is 5.82 Å². The molecule has 0 aromatic carbocycles. The Morgan fingerprint density at radius 3 is 2.62 bits per heavy atom. The topological polar surface area (TPSA) is 69.6 Å². The predicted octanol–water partition coefficient (Wildman–Crippen LogP) is -0.513. The number of carbonyl (C=O) groups excluding carboxylic acids is 1. The minimum absolute atomic E-state index is 0.201. The molecule has 0 spiro atoms. The number of anilines is 1. The summed E-state index contributed by atoms with van der Waals surface area (Å²) in [4.78, 5) is 19.3. The van der Waals surface area contributed by atoms with Crippen LogP contribution in [-0.4, -0.2) is 58.1 Å². The van der Waals surface area contributed by atoms with Gasteiger partial charge in [0.1, 0.15) is 12.4 Å². The van der Waals surface area contributed by atoms with Crippen LogP contribution in [0.2, 0.25) is 0 Å². The Morgan fingerprint density at radius 1 is 1.44 bits per heavy atom. The molecule has 0 unspecified atom stereocenters. The number of aromatic nitrogens is 2. The van der Waals surface area contributed by atoms with Gasteiger partial charge in [-0.1, -0.05) is 0 Å². The molecule has 16 heavy (non-hydrogen) atoms. The molecule has 88 valence electrons. The maximum Gasteiger partial charge on any atom is 0.248 e. The number of rotatable bonds is 2. The summed E-state index contributed by atoms with van der Waals surface area (Å²) < 4.78 is 4.13. The zero-order valence-corrected chi connectivity index (χ0v) is 9.90. The van der Waals surface area contributed by atoms with Gasteiger partial charge in [0, 0.05) is 37.7 Å². The SMILES string of the molecule is Cc1nsc(N2CCN(C(=O)CO)CC2)n1. The third kappa shape index (κ3) is 2.30. The van der Waals surface area contributed by atoms with E-state index in [0.717, 1.165) is 24.0 Å². The van der Waals surface area contributed by atoms with E-state index in [2.05, 4.69) is 14.3 Å². The molecule has 0 bridgehead atoms. The van der Waals surface area contributed by atoms with Gasteiger partial charge in [-0.25, -0.2) is 4.98 Å². The number of aryl methyl sites for hydroxylation is 1. The number of hydrogen-bond acceptors (Lipinski definition) is 6. The van der Waals surface area contributed by atoms with Crippen molar-refractivity contribution < 1.29 is 9.90 Å². The van der Waals surface area contributed by atoms with Crippen molar-refractivity contribution in [1.82, 2.24) is 14.3 Å². The van der Waals surface area contributed by atoms with Crippen LogP contribution in [0.15, 0.2) is 0 Å². The van der Waals surface area contributed by atoms with Crippen molar-refractivity contribution in [1.29, 1.82) is 0 Å². The molecule has 1 aromatic rings. The van der Waals surface area contributed by atoms with E-state index in [4.69, 9.17) is 5.11 Å². The van der Waals surface area contributed by atoms with Crippen LogP contribution < -0.4 is 4.90 Å². The third-order valence-corrected chi connectivity index (χ3v) is 3.42. The standard InChI is InChI=1S/C9H14N4O2S/c1-7-10-9(16-11-7)13-4-2-12(3-5-13)8(15)6-14/h14H,2-6H2,1H3. The van der Waals surface area contributed by atoms with Gasteiger partial charge in [-0.2, -0.15) is 4.37 Å². The van der Waals surface area contributed by atoms with Crippen LogP contribution >= 0.6 is 11.5 Å². The number of piperazine rings is 1. The molecule has 1 fully saturated rings. The van der Waals surface area contributed by atoms with Crippen LogP contribution in [0.3, 0.4) is 0 Å². The van der Waals surface area contributed by atoms with Gasteiger partial charge in [-0.15, -0.1) is 0 Å². The van der Waals surface area contributed by atoms with Gasteiger partial charge < -0.3 is 14.9 Å². The molecule has 2 rings (SSSR count). The summed E-state index contributed by atoms with van der Waals surface area (Å²) in [6.07, 6.45) is 0. The summed E-state index contributed by atoms with van der Waals surface area (Å²) in [5, 5.41) is 9.66. The summed E-state index contributed by atoms with van der Waals surface area (Å²) >= 11 is 1.38. The summed E-state index contributed by atoms with van der Waals surface area (Å²) in [5.41, 5.74) is 0. The van der Waals surface area contributed by atoms with Crippen molar-refractivity contribution >= 4 is 22.6 Å². The molecule has 1 aromatic heterocycles. The Balaban J connectivity index is 1.92. The number of hydrogen-bond donors (Lipinski definition) is 1. The largest absolute Gasteiger partial charge is 0.387 e. The van der Waals surface area contributed by atoms with Gasteiger partial charge in [0.05, 0.1) is 0 Å². The van der Waals surface area contributed by atoms with E-state index < -0.39 is 6.61 Å². The average Bonchev–Trinajstić information content (AvgIpc) is 2.75. The number of aliphatic hydroxyl groups excluding tert-OH is 1. The molecule has 7 heteroatoms. The first-order valence-electron chi connectivity index (χ1n) is 5.14. The molecular formula is C9H14N4O2S. The molecule has 0 aliphatic carbocycles. The minimum atomic E-state index is -0.405. The molecule has 0 saturated carbocycles. The van der Waals surface area contributed by atoms with Crippen molar-refractivity contribution in [2.24, 2.45) is 0 Å². The quantitative estimate of drug-likeness (QED) is 0.756. The van der Waals surface area contributed by atoms with Gasteiger partial charge in [-0.3, -0.25) is 4.79 Å². The monoisotopic (exact) mass is 242 g/mol. The first-order valence-corrected chi connectivity index (χ1v) is 5.92. The lowest BCUT2D eigenvalue weighted by Gasteiger charge is -2.33. The van der Waals surface area contributed by atoms with E-state index in [1.54, 1.807) is 4.90 Å². The highest BCUT2D eigenvalue weighted by molar-refractivity contribution is 7.09. The van der Waals surface area contributed by atoms with Gasteiger partial charge in [-0.05, 0) is 6.92 Å². The van der Waals surface area contributed by atoms with Crippen LogP contribution in [0.25, 0.3) is 0 Å². The highest BCUT2D eigenvalue weighted by Gasteiger charge is 2.22. The molecule has 1 saturated heterocycles. The maximum atomic E-state index is 11.2. The Labute approximate surface area is 97.7 Å². The van der Waals surface area contributed by atoms with Gasteiger partial charge in [0.2, 0.25) is 11.0 Å². The zero-order chi connectivity index (χ0) is 11.5. The second kappa shape index (κ2) is 4.75. The summed E-state index contributed by atoms with van der Waals surface area (Å²) in [7, 11) is 0. The fourth-order valence-corrected chi connectivity index (χ4v) is 2.39. The molecule has 1 aliphatic rings. The first-order chi connectivity index (χ1) is 7.70. The van der Waals surface area contributed by atoms with E-state index in [-0.39, 0.29) is 5.91 Å². The fourth-order valence-electron chi connectivity index (χ4n) is 1.66. The predicted molar refractivity (Wildman–Crippen MR) is 60.5 cm³/mol. The molecule has 0 radical (unpaired) electrons. The molecule has 6 nitrogen and oxygen atoms in total. The van der Waals surface area contributed by atoms with E-state index in [1.807, 2.05) is 6.92 Å². The van der Waals surface area contributed by atoms with E-state index in [1.165, 1.54) is 11.5 Å². The van der Waals surface area contributed by atoms with Crippen molar-refractivity contribution in [2.45, 2.75) is 6.92 Å². The molecule has 1 amide bonds. The van der Waals surface area contributed by atoms with Crippen LogP contribution in [0.5, 0.6) is 0 Å². The number of nitrogens with zero attached hydrogens (tertiary/aromatic N) is 4. The number of carbonyl (C=O) groups is 1. The highest BCUT2D eigenvalue weighted by atomic mass is 32.1. The van der Waals surface area contributed by atoms with Crippen molar-refractivity contribution in [3.63, 3.8) is 0 Å². The maximum absolute atomic E-state index is 11.2. The van der Waals surface area contributed by atoms with Gasteiger partial charge in [0.25, 0.3) is 0 Å². The second-order valence-corrected chi connectivity index (χ2v) is 4.38. The Hall–Kier alpha value is -1.21. The van der Waals surface area contributed by atoms with Gasteiger partial charge in [0.15, 0.2) is 0 Å². The summed E-state index contributed by atoms with van der Waals surface area (Å²) in [6, 6.07) is 0. The van der Waals surface area contributed by atoms with Crippen LogP contribution in [0.1, 0.15) is 5.82 Å². The lowest BCUT2D eigenvalue weighted by Crippen LogP contribution is -2.49.